The van der Waals surface area contributed by atoms with Crippen LogP contribution in [0.2, 0.25) is 0 Å². The summed E-state index contributed by atoms with van der Waals surface area (Å²) in [5, 5.41) is 3.28. The fraction of sp³-hybridized carbons (Fsp3) is 0.455. The average Bonchev–Trinajstić information content (AvgIpc) is 2.88. The van der Waals surface area contributed by atoms with Crippen molar-refractivity contribution in [2.24, 2.45) is 5.73 Å². The fourth-order valence-corrected chi connectivity index (χ4v) is 1.40. The zero-order valence-electron chi connectivity index (χ0n) is 8.09. The Hall–Kier alpha value is -0.930. The number of benzene rings is 1. The third kappa shape index (κ3) is 2.53. The second-order valence-electron chi connectivity index (χ2n) is 4.09. The van der Waals surface area contributed by atoms with E-state index in [4.69, 9.17) is 5.73 Å². The summed E-state index contributed by atoms with van der Waals surface area (Å²) in [6.45, 7) is 1.61. The highest BCUT2D eigenvalue weighted by Gasteiger charge is 2.37. The van der Waals surface area contributed by atoms with Crippen molar-refractivity contribution in [1.82, 2.24) is 5.32 Å². The molecule has 0 unspecified atom stereocenters. The van der Waals surface area contributed by atoms with Gasteiger partial charge in [-0.3, -0.25) is 0 Å². The molecule has 3 N–H and O–H groups in total. The first-order valence-corrected chi connectivity index (χ1v) is 4.92. The van der Waals surface area contributed by atoms with Crippen LogP contribution in [0.5, 0.6) is 0 Å². The van der Waals surface area contributed by atoms with Crippen molar-refractivity contribution in [3.05, 3.63) is 35.6 Å². The maximum absolute atomic E-state index is 12.6. The van der Waals surface area contributed by atoms with Gasteiger partial charge >= 0.3 is 0 Å². The Kier molecular flexibility index (Phi) is 2.52. The topological polar surface area (TPSA) is 38.0 Å². The lowest BCUT2D eigenvalue weighted by Crippen LogP contribution is -2.35. The van der Waals surface area contributed by atoms with Crippen molar-refractivity contribution in [3.8, 4) is 0 Å². The lowest BCUT2D eigenvalue weighted by molar-refractivity contribution is 0.568. The van der Waals surface area contributed by atoms with E-state index in [2.05, 4.69) is 5.32 Å². The molecule has 1 aliphatic rings. The van der Waals surface area contributed by atoms with Crippen LogP contribution in [0.4, 0.5) is 4.39 Å². The smallest absolute Gasteiger partial charge is 0.123 e. The number of nitrogens with one attached hydrogen (secondary N) is 1. The maximum Gasteiger partial charge on any atom is 0.123 e. The molecule has 3 heteroatoms. The number of rotatable bonds is 4. The van der Waals surface area contributed by atoms with Gasteiger partial charge in [-0.2, -0.15) is 0 Å². The molecule has 0 amide bonds. The molecule has 0 spiro atoms. The van der Waals surface area contributed by atoms with Crippen molar-refractivity contribution in [2.75, 3.05) is 6.54 Å². The molecule has 0 bridgehead atoms. The molecule has 0 saturated heterocycles. The van der Waals surface area contributed by atoms with Crippen LogP contribution in [-0.4, -0.2) is 12.1 Å². The van der Waals surface area contributed by atoms with Crippen molar-refractivity contribution in [3.63, 3.8) is 0 Å². The molecule has 1 fully saturated rings. The minimum absolute atomic E-state index is 0.0417. The van der Waals surface area contributed by atoms with Crippen LogP contribution in [0, 0.1) is 5.82 Å². The Bertz CT molecular complexity index is 304. The normalized spacial score (nSPS) is 18.1. The Morgan fingerprint density at radius 2 is 1.93 bits per heavy atom. The van der Waals surface area contributed by atoms with E-state index in [0.717, 1.165) is 31.5 Å². The molecular formula is C11H15FN2. The molecule has 0 aromatic heterocycles. The Labute approximate surface area is 83.3 Å². The minimum Gasteiger partial charge on any atom is -0.324 e. The summed E-state index contributed by atoms with van der Waals surface area (Å²) >= 11 is 0. The summed E-state index contributed by atoms with van der Waals surface area (Å²) in [6.07, 6.45) is 2.23. The zero-order chi connectivity index (χ0) is 10.0. The van der Waals surface area contributed by atoms with Crippen LogP contribution in [0.3, 0.4) is 0 Å². The Morgan fingerprint density at radius 3 is 2.50 bits per heavy atom. The quantitative estimate of drug-likeness (QED) is 0.760. The van der Waals surface area contributed by atoms with Gasteiger partial charge in [0, 0.05) is 18.6 Å². The number of hydrogen-bond donors (Lipinski definition) is 2. The predicted molar refractivity (Wildman–Crippen MR) is 54.3 cm³/mol. The van der Waals surface area contributed by atoms with E-state index in [1.807, 2.05) is 0 Å². The van der Waals surface area contributed by atoms with Gasteiger partial charge in [0.1, 0.15) is 5.82 Å². The molecule has 1 saturated carbocycles. The van der Waals surface area contributed by atoms with E-state index in [-0.39, 0.29) is 11.4 Å². The molecule has 0 atom stereocenters. The van der Waals surface area contributed by atoms with Gasteiger partial charge in [-0.1, -0.05) is 12.1 Å². The average molecular weight is 194 g/mol. The van der Waals surface area contributed by atoms with Crippen LogP contribution in [0.25, 0.3) is 0 Å². The van der Waals surface area contributed by atoms with Gasteiger partial charge in [0.2, 0.25) is 0 Å². The van der Waals surface area contributed by atoms with Gasteiger partial charge in [-0.05, 0) is 30.5 Å². The largest absolute Gasteiger partial charge is 0.324 e. The molecule has 0 heterocycles. The highest BCUT2D eigenvalue weighted by Crippen LogP contribution is 2.30. The van der Waals surface area contributed by atoms with Crippen LogP contribution >= 0.6 is 0 Å². The number of nitrogens with two attached hydrogens (primary N) is 1. The van der Waals surface area contributed by atoms with Crippen LogP contribution in [-0.2, 0) is 6.54 Å². The van der Waals surface area contributed by atoms with Gasteiger partial charge in [-0.15, -0.1) is 0 Å². The van der Waals surface area contributed by atoms with Crippen molar-refractivity contribution in [1.29, 1.82) is 0 Å². The SMILES string of the molecule is NC1(CNCc2ccc(F)cc2)CC1. The van der Waals surface area contributed by atoms with E-state index in [1.165, 1.54) is 12.1 Å². The van der Waals surface area contributed by atoms with Gasteiger partial charge in [0.05, 0.1) is 0 Å². The Balaban J connectivity index is 1.77. The molecular weight excluding hydrogens is 179 g/mol. The summed E-state index contributed by atoms with van der Waals surface area (Å²) in [7, 11) is 0. The highest BCUT2D eigenvalue weighted by atomic mass is 19.1. The van der Waals surface area contributed by atoms with Crippen LogP contribution in [0.1, 0.15) is 18.4 Å². The lowest BCUT2D eigenvalue weighted by atomic mass is 10.2. The summed E-state index contributed by atoms with van der Waals surface area (Å²) in [4.78, 5) is 0. The lowest BCUT2D eigenvalue weighted by Gasteiger charge is -2.09. The molecule has 14 heavy (non-hydrogen) atoms. The molecule has 2 rings (SSSR count). The Morgan fingerprint density at radius 1 is 1.29 bits per heavy atom. The fourth-order valence-electron chi connectivity index (χ4n) is 1.40. The van der Waals surface area contributed by atoms with Crippen LogP contribution < -0.4 is 11.1 Å². The second-order valence-corrected chi connectivity index (χ2v) is 4.09. The van der Waals surface area contributed by atoms with E-state index >= 15 is 0 Å². The van der Waals surface area contributed by atoms with E-state index in [1.54, 1.807) is 12.1 Å². The molecule has 76 valence electrons. The molecule has 2 nitrogen and oxygen atoms in total. The van der Waals surface area contributed by atoms with Gasteiger partial charge in [-0.25, -0.2) is 4.39 Å². The van der Waals surface area contributed by atoms with E-state index in [0.29, 0.717) is 0 Å². The first-order valence-electron chi connectivity index (χ1n) is 4.92. The summed E-state index contributed by atoms with van der Waals surface area (Å²) in [5.74, 6) is -0.189. The minimum atomic E-state index is -0.189. The molecule has 0 radical (unpaired) electrons. The first-order chi connectivity index (χ1) is 6.68. The van der Waals surface area contributed by atoms with Crippen molar-refractivity contribution < 1.29 is 4.39 Å². The summed E-state index contributed by atoms with van der Waals surface area (Å²) in [5.41, 5.74) is 7.05. The molecule has 0 aliphatic heterocycles. The zero-order valence-corrected chi connectivity index (χ0v) is 8.09. The third-order valence-corrected chi connectivity index (χ3v) is 2.61. The number of halogens is 1. The predicted octanol–water partition coefficient (Wildman–Crippen LogP) is 1.41. The molecule has 1 aromatic rings. The van der Waals surface area contributed by atoms with E-state index in [9.17, 15) is 4.39 Å². The third-order valence-electron chi connectivity index (χ3n) is 2.61. The van der Waals surface area contributed by atoms with Crippen molar-refractivity contribution >= 4 is 0 Å². The highest BCUT2D eigenvalue weighted by molar-refractivity contribution is 5.16. The standard InChI is InChI=1S/C11H15FN2/c12-10-3-1-9(2-4-10)7-14-8-11(13)5-6-11/h1-4,14H,5-8,13H2. The van der Waals surface area contributed by atoms with Gasteiger partial charge in [0.15, 0.2) is 0 Å². The van der Waals surface area contributed by atoms with Gasteiger partial charge < -0.3 is 11.1 Å². The van der Waals surface area contributed by atoms with Crippen LogP contribution in [0.15, 0.2) is 24.3 Å². The molecule has 1 aromatic carbocycles. The summed E-state index contributed by atoms with van der Waals surface area (Å²) in [6, 6.07) is 6.54. The van der Waals surface area contributed by atoms with E-state index < -0.39 is 0 Å². The maximum atomic E-state index is 12.6. The summed E-state index contributed by atoms with van der Waals surface area (Å²) < 4.78 is 12.6. The first kappa shape index (κ1) is 9.62. The second kappa shape index (κ2) is 3.67. The van der Waals surface area contributed by atoms with Gasteiger partial charge in [0.25, 0.3) is 0 Å². The molecule has 1 aliphatic carbocycles. The van der Waals surface area contributed by atoms with Crippen molar-refractivity contribution in [2.45, 2.75) is 24.9 Å². The monoisotopic (exact) mass is 194 g/mol. The number of hydrogen-bond acceptors (Lipinski definition) is 2.